The van der Waals surface area contributed by atoms with Crippen molar-refractivity contribution in [3.05, 3.63) is 42.2 Å². The molecule has 152 valence electrons. The average molecular weight is 399 g/mol. The minimum atomic E-state index is -0.737. The quantitative estimate of drug-likeness (QED) is 0.456. The van der Waals surface area contributed by atoms with Gasteiger partial charge in [0.1, 0.15) is 12.1 Å². The molecule has 0 saturated carbocycles. The Morgan fingerprint density at radius 1 is 1.38 bits per heavy atom. The number of hydrogen-bond acceptors (Lipinski definition) is 8. The molecule has 3 heterocycles. The van der Waals surface area contributed by atoms with E-state index in [1.165, 1.54) is 17.1 Å². The Morgan fingerprint density at radius 2 is 2.21 bits per heavy atom. The van der Waals surface area contributed by atoms with Crippen LogP contribution in [0.5, 0.6) is 0 Å². The zero-order valence-corrected chi connectivity index (χ0v) is 16.0. The lowest BCUT2D eigenvalue weighted by Crippen LogP contribution is -2.18. The highest BCUT2D eigenvalue weighted by Gasteiger charge is 2.19. The molecule has 0 aromatic carbocycles. The molecule has 0 radical (unpaired) electrons. The van der Waals surface area contributed by atoms with Gasteiger partial charge in [0, 0.05) is 38.2 Å². The molecule has 0 bridgehead atoms. The van der Waals surface area contributed by atoms with E-state index in [2.05, 4.69) is 25.7 Å². The maximum atomic E-state index is 12.5. The van der Waals surface area contributed by atoms with Gasteiger partial charge in [0.05, 0.1) is 12.3 Å². The Bertz CT molecular complexity index is 1010. The second-order valence-corrected chi connectivity index (χ2v) is 5.95. The largest absolute Gasteiger partial charge is 0.444 e. The SMILES string of the molecule is CCn1cc(NC(=O)c2coc(-c3ccnc(NCCOC)c3)n2)c(C(N)=O)n1. The van der Waals surface area contributed by atoms with Crippen LogP contribution in [0.25, 0.3) is 11.5 Å². The van der Waals surface area contributed by atoms with Crippen molar-refractivity contribution in [3.63, 3.8) is 0 Å². The van der Waals surface area contributed by atoms with Gasteiger partial charge in [-0.05, 0) is 19.1 Å². The van der Waals surface area contributed by atoms with E-state index in [1.54, 1.807) is 25.4 Å². The van der Waals surface area contributed by atoms with Gasteiger partial charge in [-0.1, -0.05) is 0 Å². The van der Waals surface area contributed by atoms with Gasteiger partial charge in [0.25, 0.3) is 11.8 Å². The van der Waals surface area contributed by atoms with E-state index in [1.807, 2.05) is 6.92 Å². The predicted molar refractivity (Wildman–Crippen MR) is 104 cm³/mol. The first-order valence-corrected chi connectivity index (χ1v) is 8.85. The monoisotopic (exact) mass is 399 g/mol. The number of oxazole rings is 1. The Hall–Kier alpha value is -3.73. The van der Waals surface area contributed by atoms with Crippen LogP contribution in [0.1, 0.15) is 27.9 Å². The Kier molecular flexibility index (Phi) is 6.19. The number of rotatable bonds is 9. The van der Waals surface area contributed by atoms with Gasteiger partial charge in [-0.2, -0.15) is 5.10 Å². The van der Waals surface area contributed by atoms with Crippen LogP contribution in [0.3, 0.4) is 0 Å². The van der Waals surface area contributed by atoms with Crippen LogP contribution >= 0.6 is 0 Å². The third-order valence-electron chi connectivity index (χ3n) is 3.92. The van der Waals surface area contributed by atoms with Gasteiger partial charge in [-0.25, -0.2) is 9.97 Å². The fraction of sp³-hybridized carbons (Fsp3) is 0.278. The third-order valence-corrected chi connectivity index (χ3v) is 3.92. The molecule has 4 N–H and O–H groups in total. The van der Waals surface area contributed by atoms with E-state index in [4.69, 9.17) is 14.9 Å². The lowest BCUT2D eigenvalue weighted by Gasteiger charge is -2.05. The highest BCUT2D eigenvalue weighted by molar-refractivity contribution is 6.07. The van der Waals surface area contributed by atoms with Crippen molar-refractivity contribution >= 4 is 23.3 Å². The van der Waals surface area contributed by atoms with Crippen LogP contribution in [0, 0.1) is 0 Å². The molecule has 0 saturated heterocycles. The molecular weight excluding hydrogens is 378 g/mol. The molecule has 11 nitrogen and oxygen atoms in total. The number of primary amides is 1. The molecular formula is C18H21N7O4. The maximum absolute atomic E-state index is 12.5. The van der Waals surface area contributed by atoms with E-state index in [0.29, 0.717) is 31.1 Å². The highest BCUT2D eigenvalue weighted by Crippen LogP contribution is 2.21. The van der Waals surface area contributed by atoms with Gasteiger partial charge in [-0.3, -0.25) is 14.3 Å². The van der Waals surface area contributed by atoms with Crippen molar-refractivity contribution in [2.24, 2.45) is 5.73 Å². The van der Waals surface area contributed by atoms with Crippen molar-refractivity contribution in [3.8, 4) is 11.5 Å². The topological polar surface area (TPSA) is 150 Å². The third kappa shape index (κ3) is 4.76. The van der Waals surface area contributed by atoms with Crippen LogP contribution in [0.15, 0.2) is 35.2 Å². The van der Waals surface area contributed by atoms with Crippen molar-refractivity contribution in [1.29, 1.82) is 0 Å². The standard InChI is InChI=1S/C18H21N7O4/c1-3-25-9-12(15(24-25)16(19)26)22-17(27)13-10-29-18(23-13)11-4-5-20-14(8-11)21-6-7-28-2/h4-5,8-10H,3,6-7H2,1-2H3,(H2,19,26)(H,20,21)(H,22,27). The lowest BCUT2D eigenvalue weighted by atomic mass is 10.2. The molecule has 0 aliphatic rings. The van der Waals surface area contributed by atoms with Gasteiger partial charge < -0.3 is 25.5 Å². The Balaban J connectivity index is 1.75. The van der Waals surface area contributed by atoms with Crippen LogP contribution in [-0.4, -0.2) is 51.8 Å². The second-order valence-electron chi connectivity index (χ2n) is 5.95. The summed E-state index contributed by atoms with van der Waals surface area (Å²) in [5, 5.41) is 9.72. The molecule has 0 aliphatic heterocycles. The summed E-state index contributed by atoms with van der Waals surface area (Å²) < 4.78 is 11.9. The van der Waals surface area contributed by atoms with Crippen molar-refractivity contribution in [2.45, 2.75) is 13.5 Å². The number of carbonyl (C=O) groups excluding carboxylic acids is 2. The summed E-state index contributed by atoms with van der Waals surface area (Å²) in [6, 6.07) is 3.46. The molecule has 2 amide bonds. The molecule has 0 atom stereocenters. The normalized spacial score (nSPS) is 10.7. The van der Waals surface area contributed by atoms with Crippen LogP contribution < -0.4 is 16.4 Å². The molecule has 0 aliphatic carbocycles. The number of nitrogens with one attached hydrogen (secondary N) is 2. The average Bonchev–Trinajstić information content (AvgIpc) is 3.36. The first-order chi connectivity index (χ1) is 14.0. The first kappa shape index (κ1) is 20.0. The van der Waals surface area contributed by atoms with E-state index < -0.39 is 11.8 Å². The number of pyridine rings is 1. The second kappa shape index (κ2) is 8.97. The number of carbonyl (C=O) groups is 2. The predicted octanol–water partition coefficient (Wildman–Crippen LogP) is 1.36. The summed E-state index contributed by atoms with van der Waals surface area (Å²) in [5.41, 5.74) is 6.20. The van der Waals surface area contributed by atoms with E-state index in [-0.39, 0.29) is 23.0 Å². The first-order valence-electron chi connectivity index (χ1n) is 8.85. The molecule has 0 spiro atoms. The molecule has 11 heteroatoms. The summed E-state index contributed by atoms with van der Waals surface area (Å²) in [4.78, 5) is 32.5. The molecule has 0 unspecified atom stereocenters. The number of amides is 2. The lowest BCUT2D eigenvalue weighted by molar-refractivity contribution is 0.0995. The molecule has 3 aromatic heterocycles. The fourth-order valence-electron chi connectivity index (χ4n) is 2.50. The molecule has 3 rings (SSSR count). The number of methoxy groups -OCH3 is 1. The van der Waals surface area contributed by atoms with Crippen molar-refractivity contribution < 1.29 is 18.7 Å². The van der Waals surface area contributed by atoms with E-state index in [9.17, 15) is 9.59 Å². The number of anilines is 2. The number of ether oxygens (including phenoxy) is 1. The Labute approximate surface area is 166 Å². The Morgan fingerprint density at radius 3 is 2.93 bits per heavy atom. The minimum Gasteiger partial charge on any atom is -0.444 e. The molecule has 0 fully saturated rings. The number of hydrogen-bond donors (Lipinski definition) is 3. The summed E-state index contributed by atoms with van der Waals surface area (Å²) in [6.45, 7) is 3.50. The van der Waals surface area contributed by atoms with Crippen LogP contribution in [0.2, 0.25) is 0 Å². The van der Waals surface area contributed by atoms with Crippen LogP contribution in [0.4, 0.5) is 11.5 Å². The number of nitrogens with zero attached hydrogens (tertiary/aromatic N) is 4. The van der Waals surface area contributed by atoms with Crippen molar-refractivity contribution in [2.75, 3.05) is 30.9 Å². The highest BCUT2D eigenvalue weighted by atomic mass is 16.5. The smallest absolute Gasteiger partial charge is 0.277 e. The fourth-order valence-corrected chi connectivity index (χ4v) is 2.50. The minimum absolute atomic E-state index is 0.0233. The summed E-state index contributed by atoms with van der Waals surface area (Å²) in [7, 11) is 1.62. The summed E-state index contributed by atoms with van der Waals surface area (Å²) in [5.74, 6) is -0.405. The number of nitrogens with two attached hydrogens (primary N) is 1. The van der Waals surface area contributed by atoms with Crippen LogP contribution in [-0.2, 0) is 11.3 Å². The maximum Gasteiger partial charge on any atom is 0.277 e. The zero-order chi connectivity index (χ0) is 20.8. The van der Waals surface area contributed by atoms with Crippen molar-refractivity contribution in [1.82, 2.24) is 19.7 Å². The van der Waals surface area contributed by atoms with E-state index in [0.717, 1.165) is 0 Å². The van der Waals surface area contributed by atoms with E-state index >= 15 is 0 Å². The molecule has 3 aromatic rings. The van der Waals surface area contributed by atoms with Gasteiger partial charge in [-0.15, -0.1) is 0 Å². The van der Waals surface area contributed by atoms with Gasteiger partial charge in [0.15, 0.2) is 11.4 Å². The summed E-state index contributed by atoms with van der Waals surface area (Å²) in [6.07, 6.45) is 4.36. The molecule has 29 heavy (non-hydrogen) atoms. The number of aromatic nitrogens is 4. The number of aryl methyl sites for hydroxylation is 1. The summed E-state index contributed by atoms with van der Waals surface area (Å²) >= 11 is 0. The van der Waals surface area contributed by atoms with Gasteiger partial charge >= 0.3 is 0 Å². The van der Waals surface area contributed by atoms with Gasteiger partial charge in [0.2, 0.25) is 5.89 Å². The zero-order valence-electron chi connectivity index (χ0n) is 16.0.